The van der Waals surface area contributed by atoms with E-state index in [9.17, 15) is 4.79 Å². The van der Waals surface area contributed by atoms with Crippen LogP contribution < -0.4 is 11.1 Å². The van der Waals surface area contributed by atoms with Gasteiger partial charge in [-0.25, -0.2) is 4.98 Å². The maximum Gasteiger partial charge on any atom is 0.251 e. The molecule has 5 nitrogen and oxygen atoms in total. The van der Waals surface area contributed by atoms with Crippen molar-refractivity contribution in [3.63, 3.8) is 0 Å². The van der Waals surface area contributed by atoms with Crippen LogP contribution in [-0.4, -0.2) is 22.4 Å². The summed E-state index contributed by atoms with van der Waals surface area (Å²) in [5.41, 5.74) is 7.00. The Morgan fingerprint density at radius 2 is 2.26 bits per heavy atom. The molecule has 0 saturated heterocycles. The highest BCUT2D eigenvalue weighted by Crippen LogP contribution is 2.11. The normalized spacial score (nSPS) is 10.2. The molecule has 2 rings (SSSR count). The smallest absolute Gasteiger partial charge is 0.251 e. The summed E-state index contributed by atoms with van der Waals surface area (Å²) in [4.78, 5) is 19.7. The van der Waals surface area contributed by atoms with Gasteiger partial charge in [0, 0.05) is 24.5 Å². The predicted octanol–water partition coefficient (Wildman–Crippen LogP) is 1.68. The number of pyridine rings is 2. The second kappa shape index (κ2) is 6.15. The Kier molecular flexibility index (Phi) is 4.30. The molecule has 0 saturated carbocycles. The van der Waals surface area contributed by atoms with Gasteiger partial charge in [-0.2, -0.15) is 0 Å². The Hall–Kier alpha value is -2.14. The van der Waals surface area contributed by atoms with Crippen molar-refractivity contribution < 1.29 is 4.79 Å². The molecule has 0 fully saturated rings. The average molecular weight is 277 g/mol. The van der Waals surface area contributed by atoms with Crippen LogP contribution in [0.3, 0.4) is 0 Å². The van der Waals surface area contributed by atoms with Crippen LogP contribution in [0.1, 0.15) is 15.9 Å². The first-order valence-electron chi connectivity index (χ1n) is 5.75. The van der Waals surface area contributed by atoms with Crippen LogP contribution >= 0.6 is 11.6 Å². The van der Waals surface area contributed by atoms with Gasteiger partial charge >= 0.3 is 0 Å². The summed E-state index contributed by atoms with van der Waals surface area (Å²) in [6.45, 7) is 0.518. The van der Waals surface area contributed by atoms with Crippen LogP contribution in [0, 0.1) is 0 Å². The highest BCUT2D eigenvalue weighted by atomic mass is 35.5. The molecule has 0 aliphatic heterocycles. The lowest BCUT2D eigenvalue weighted by atomic mass is 10.2. The van der Waals surface area contributed by atoms with E-state index in [4.69, 9.17) is 17.3 Å². The summed E-state index contributed by atoms with van der Waals surface area (Å²) in [6.07, 6.45) is 4.20. The van der Waals surface area contributed by atoms with Crippen molar-refractivity contribution in [1.82, 2.24) is 15.3 Å². The fourth-order valence-electron chi connectivity index (χ4n) is 1.62. The van der Waals surface area contributed by atoms with E-state index >= 15 is 0 Å². The average Bonchev–Trinajstić information content (AvgIpc) is 2.38. The van der Waals surface area contributed by atoms with E-state index in [2.05, 4.69) is 15.3 Å². The number of nitrogens with one attached hydrogen (secondary N) is 1. The van der Waals surface area contributed by atoms with Gasteiger partial charge in [0.2, 0.25) is 0 Å². The van der Waals surface area contributed by atoms with E-state index in [0.29, 0.717) is 18.5 Å². The van der Waals surface area contributed by atoms with Crippen molar-refractivity contribution in [3.05, 3.63) is 52.9 Å². The topological polar surface area (TPSA) is 80.9 Å². The molecule has 98 valence electrons. The van der Waals surface area contributed by atoms with Crippen molar-refractivity contribution in [2.24, 2.45) is 0 Å². The van der Waals surface area contributed by atoms with Crippen LogP contribution in [0.4, 0.5) is 5.82 Å². The Morgan fingerprint density at radius 3 is 2.95 bits per heavy atom. The van der Waals surface area contributed by atoms with Crippen LogP contribution in [0.25, 0.3) is 0 Å². The van der Waals surface area contributed by atoms with Gasteiger partial charge in [-0.3, -0.25) is 9.78 Å². The zero-order valence-electron chi connectivity index (χ0n) is 10.1. The van der Waals surface area contributed by atoms with Crippen molar-refractivity contribution >= 4 is 23.3 Å². The third-order valence-corrected chi connectivity index (χ3v) is 2.69. The number of nitrogens with two attached hydrogens (primary N) is 1. The van der Waals surface area contributed by atoms with Crippen LogP contribution in [0.5, 0.6) is 0 Å². The molecule has 2 heterocycles. The number of anilines is 1. The largest absolute Gasteiger partial charge is 0.384 e. The molecule has 0 bridgehead atoms. The molecular weight excluding hydrogens is 264 g/mol. The second-order valence-electron chi connectivity index (χ2n) is 3.97. The number of aromatic nitrogens is 2. The quantitative estimate of drug-likeness (QED) is 0.833. The van der Waals surface area contributed by atoms with E-state index in [0.717, 1.165) is 5.56 Å². The van der Waals surface area contributed by atoms with Gasteiger partial charge in [0.1, 0.15) is 11.0 Å². The second-order valence-corrected chi connectivity index (χ2v) is 4.36. The number of nitrogens with zero attached hydrogens (tertiary/aromatic N) is 2. The minimum absolute atomic E-state index is 0.206. The maximum absolute atomic E-state index is 11.9. The summed E-state index contributed by atoms with van der Waals surface area (Å²) in [7, 11) is 0. The summed E-state index contributed by atoms with van der Waals surface area (Å²) in [5.74, 6) is 0.00444. The molecule has 0 aliphatic carbocycles. The van der Waals surface area contributed by atoms with Gasteiger partial charge < -0.3 is 11.1 Å². The van der Waals surface area contributed by atoms with Crippen LogP contribution in [-0.2, 0) is 6.42 Å². The first kappa shape index (κ1) is 13.3. The van der Waals surface area contributed by atoms with Crippen LogP contribution in [0.15, 0.2) is 36.7 Å². The molecule has 0 atom stereocenters. The van der Waals surface area contributed by atoms with E-state index in [-0.39, 0.29) is 16.9 Å². The standard InChI is InChI=1S/C13H13ClN4O/c14-11-6-10(7-12(15)18-11)13(19)17-5-3-9-2-1-4-16-8-9/h1-2,4,6-8H,3,5H2,(H2,15,18)(H,17,19). The molecule has 6 heteroatoms. The molecule has 0 aromatic carbocycles. The van der Waals surface area contributed by atoms with Gasteiger partial charge in [0.25, 0.3) is 5.91 Å². The van der Waals surface area contributed by atoms with Crippen molar-refractivity contribution in [2.75, 3.05) is 12.3 Å². The lowest BCUT2D eigenvalue weighted by Crippen LogP contribution is -2.25. The molecule has 0 radical (unpaired) electrons. The molecule has 0 unspecified atom stereocenters. The zero-order valence-corrected chi connectivity index (χ0v) is 10.9. The molecule has 19 heavy (non-hydrogen) atoms. The highest BCUT2D eigenvalue weighted by Gasteiger charge is 2.07. The molecule has 0 spiro atoms. The first-order valence-corrected chi connectivity index (χ1v) is 6.13. The van der Waals surface area contributed by atoms with Gasteiger partial charge in [0.15, 0.2) is 0 Å². The predicted molar refractivity (Wildman–Crippen MR) is 73.9 cm³/mol. The third-order valence-electron chi connectivity index (χ3n) is 2.50. The van der Waals surface area contributed by atoms with Gasteiger partial charge in [-0.15, -0.1) is 0 Å². The molecular formula is C13H13ClN4O. The van der Waals surface area contributed by atoms with E-state index < -0.39 is 0 Å². The molecule has 0 aliphatic rings. The van der Waals surface area contributed by atoms with Crippen molar-refractivity contribution in [3.8, 4) is 0 Å². The Bertz CT molecular complexity index is 554. The Morgan fingerprint density at radius 1 is 1.42 bits per heavy atom. The first-order chi connectivity index (χ1) is 9.15. The van der Waals surface area contributed by atoms with Gasteiger partial charge in [0.05, 0.1) is 0 Å². The maximum atomic E-state index is 11.9. The Balaban J connectivity index is 1.91. The number of carbonyl (C=O) groups excluding carboxylic acids is 1. The fraction of sp³-hybridized carbons (Fsp3) is 0.154. The fourth-order valence-corrected chi connectivity index (χ4v) is 1.83. The summed E-state index contributed by atoms with van der Waals surface area (Å²) in [6, 6.07) is 6.80. The number of halogens is 1. The zero-order chi connectivity index (χ0) is 13.7. The number of carbonyl (C=O) groups is 1. The van der Waals surface area contributed by atoms with E-state index in [1.165, 1.54) is 12.1 Å². The molecule has 2 aromatic heterocycles. The molecule has 2 aromatic rings. The van der Waals surface area contributed by atoms with Crippen molar-refractivity contribution in [2.45, 2.75) is 6.42 Å². The Labute approximate surface area is 115 Å². The van der Waals surface area contributed by atoms with Gasteiger partial charge in [-0.1, -0.05) is 17.7 Å². The molecule has 3 N–H and O–H groups in total. The SMILES string of the molecule is Nc1cc(C(=O)NCCc2cccnc2)cc(Cl)n1. The number of hydrogen-bond donors (Lipinski definition) is 2. The van der Waals surface area contributed by atoms with Gasteiger partial charge in [-0.05, 0) is 30.2 Å². The van der Waals surface area contributed by atoms with Crippen molar-refractivity contribution in [1.29, 1.82) is 0 Å². The number of hydrogen-bond acceptors (Lipinski definition) is 4. The lowest BCUT2D eigenvalue weighted by Gasteiger charge is -2.06. The lowest BCUT2D eigenvalue weighted by molar-refractivity contribution is 0.0954. The minimum atomic E-state index is -0.222. The minimum Gasteiger partial charge on any atom is -0.384 e. The number of amides is 1. The highest BCUT2D eigenvalue weighted by molar-refractivity contribution is 6.29. The third kappa shape index (κ3) is 3.93. The van der Waals surface area contributed by atoms with E-state index in [1.807, 2.05) is 12.1 Å². The molecule has 1 amide bonds. The summed E-state index contributed by atoms with van der Waals surface area (Å²) < 4.78 is 0. The summed E-state index contributed by atoms with van der Waals surface area (Å²) >= 11 is 5.74. The summed E-state index contributed by atoms with van der Waals surface area (Å²) in [5, 5.41) is 3.00. The van der Waals surface area contributed by atoms with E-state index in [1.54, 1.807) is 12.4 Å². The van der Waals surface area contributed by atoms with Crippen LogP contribution in [0.2, 0.25) is 5.15 Å². The number of nitrogen functional groups attached to an aromatic ring is 1. The monoisotopic (exact) mass is 276 g/mol. The number of rotatable bonds is 4.